The van der Waals surface area contributed by atoms with Crippen molar-refractivity contribution >= 4 is 17.5 Å². The minimum absolute atomic E-state index is 0.0434. The Labute approximate surface area is 205 Å². The number of fused-ring (bicyclic) bond motifs is 1. The molecule has 0 aliphatic carbocycles. The molecule has 1 heterocycles. The van der Waals surface area contributed by atoms with E-state index < -0.39 is 5.72 Å². The van der Waals surface area contributed by atoms with Crippen LogP contribution in [0.3, 0.4) is 0 Å². The van der Waals surface area contributed by atoms with Gasteiger partial charge in [-0.25, -0.2) is 0 Å². The number of carbonyl (C=O) groups excluding carboxylic acids is 1. The molecule has 0 N–H and O–H groups in total. The first-order valence-electron chi connectivity index (χ1n) is 11.3. The van der Waals surface area contributed by atoms with Gasteiger partial charge in [-0.05, 0) is 42.3 Å². The van der Waals surface area contributed by atoms with Gasteiger partial charge in [0, 0.05) is 28.3 Å². The number of amides is 1. The van der Waals surface area contributed by atoms with E-state index in [-0.39, 0.29) is 12.5 Å². The van der Waals surface area contributed by atoms with Gasteiger partial charge in [0.25, 0.3) is 5.91 Å². The second kappa shape index (κ2) is 10.3. The van der Waals surface area contributed by atoms with E-state index >= 15 is 0 Å². The van der Waals surface area contributed by atoms with Crippen LogP contribution in [-0.4, -0.2) is 31.1 Å². The summed E-state index contributed by atoms with van der Waals surface area (Å²) in [5.74, 6) is 1.20. The molecule has 6 heteroatoms. The standard InChI is InChI=1S/C28H28ClNO4/c1-4-16-30-27(31)23-8-6-7-9-24(23)28(30,21-11-13-22(29)14-12-21)34-19-20-10-15-25(33-17-5-2)26(18-20)32-3/h5-15,18H,2,4,16-17,19H2,1,3H3. The normalized spacial score (nSPS) is 16.9. The van der Waals surface area contributed by atoms with Crippen LogP contribution in [0.15, 0.2) is 79.4 Å². The Hall–Kier alpha value is -3.28. The van der Waals surface area contributed by atoms with Crippen LogP contribution in [0, 0.1) is 0 Å². The van der Waals surface area contributed by atoms with Crippen LogP contribution in [0.1, 0.15) is 40.4 Å². The molecule has 1 atom stereocenters. The summed E-state index contributed by atoms with van der Waals surface area (Å²) in [6, 6.07) is 20.8. The summed E-state index contributed by atoms with van der Waals surface area (Å²) < 4.78 is 17.9. The zero-order valence-corrected chi connectivity index (χ0v) is 20.2. The molecule has 4 rings (SSSR count). The van der Waals surface area contributed by atoms with E-state index in [0.717, 1.165) is 23.1 Å². The summed E-state index contributed by atoms with van der Waals surface area (Å²) in [4.78, 5) is 15.3. The Morgan fingerprint density at radius 2 is 1.82 bits per heavy atom. The second-order valence-electron chi connectivity index (χ2n) is 8.03. The highest BCUT2D eigenvalue weighted by Gasteiger charge is 2.51. The number of methoxy groups -OCH3 is 1. The molecule has 176 valence electrons. The average Bonchev–Trinajstić information content (AvgIpc) is 3.11. The highest BCUT2D eigenvalue weighted by atomic mass is 35.5. The molecule has 0 bridgehead atoms. The molecule has 34 heavy (non-hydrogen) atoms. The lowest BCUT2D eigenvalue weighted by atomic mass is 9.93. The number of nitrogens with zero attached hydrogens (tertiary/aromatic N) is 1. The SMILES string of the molecule is C=CCOc1ccc(COC2(c3ccc(Cl)cc3)c3ccccc3C(=O)N2CCC)cc1OC. The molecule has 1 aliphatic heterocycles. The van der Waals surface area contributed by atoms with Crippen molar-refractivity contribution in [2.75, 3.05) is 20.3 Å². The molecule has 3 aromatic carbocycles. The number of halogens is 1. The Kier molecular flexibility index (Phi) is 7.25. The molecule has 0 saturated carbocycles. The molecule has 0 spiro atoms. The number of hydrogen-bond donors (Lipinski definition) is 0. The van der Waals surface area contributed by atoms with Crippen molar-refractivity contribution in [2.24, 2.45) is 0 Å². The lowest BCUT2D eigenvalue weighted by molar-refractivity contribution is -0.117. The maximum atomic E-state index is 13.5. The van der Waals surface area contributed by atoms with E-state index in [2.05, 4.69) is 13.5 Å². The van der Waals surface area contributed by atoms with Gasteiger partial charge in [0.15, 0.2) is 17.2 Å². The van der Waals surface area contributed by atoms with Crippen molar-refractivity contribution < 1.29 is 19.0 Å². The fraction of sp³-hybridized carbons (Fsp3) is 0.250. The van der Waals surface area contributed by atoms with Gasteiger partial charge < -0.3 is 19.1 Å². The predicted molar refractivity (Wildman–Crippen MR) is 133 cm³/mol. The quantitative estimate of drug-likeness (QED) is 0.326. The van der Waals surface area contributed by atoms with E-state index in [4.69, 9.17) is 25.8 Å². The third-order valence-electron chi connectivity index (χ3n) is 5.86. The lowest BCUT2D eigenvalue weighted by Crippen LogP contribution is -2.47. The molecule has 5 nitrogen and oxygen atoms in total. The first-order chi connectivity index (χ1) is 16.5. The Balaban J connectivity index is 1.77. The van der Waals surface area contributed by atoms with Gasteiger partial charge in [0.1, 0.15) is 6.61 Å². The van der Waals surface area contributed by atoms with Crippen molar-refractivity contribution in [2.45, 2.75) is 25.7 Å². The van der Waals surface area contributed by atoms with Gasteiger partial charge in [-0.2, -0.15) is 0 Å². The van der Waals surface area contributed by atoms with Crippen LogP contribution in [0.4, 0.5) is 0 Å². The van der Waals surface area contributed by atoms with Gasteiger partial charge in [0.2, 0.25) is 0 Å². The second-order valence-corrected chi connectivity index (χ2v) is 8.46. The lowest BCUT2D eigenvalue weighted by Gasteiger charge is -2.39. The van der Waals surface area contributed by atoms with Crippen LogP contribution >= 0.6 is 11.6 Å². The van der Waals surface area contributed by atoms with Gasteiger partial charge >= 0.3 is 0 Å². The van der Waals surface area contributed by atoms with E-state index in [9.17, 15) is 4.79 Å². The summed E-state index contributed by atoms with van der Waals surface area (Å²) in [7, 11) is 1.60. The molecule has 0 fully saturated rings. The van der Waals surface area contributed by atoms with Crippen molar-refractivity contribution in [3.8, 4) is 11.5 Å². The summed E-state index contributed by atoms with van der Waals surface area (Å²) in [5, 5.41) is 0.624. The van der Waals surface area contributed by atoms with Gasteiger partial charge in [0.05, 0.1) is 13.7 Å². The molecule has 0 radical (unpaired) electrons. The smallest absolute Gasteiger partial charge is 0.257 e. The Morgan fingerprint density at radius 3 is 2.53 bits per heavy atom. The van der Waals surface area contributed by atoms with Crippen LogP contribution in [-0.2, 0) is 17.1 Å². The number of benzene rings is 3. The molecule has 3 aromatic rings. The fourth-order valence-electron chi connectivity index (χ4n) is 4.37. The summed E-state index contributed by atoms with van der Waals surface area (Å²) in [6.45, 7) is 6.92. The summed E-state index contributed by atoms with van der Waals surface area (Å²) >= 11 is 6.19. The zero-order valence-electron chi connectivity index (χ0n) is 19.4. The topological polar surface area (TPSA) is 48.0 Å². The van der Waals surface area contributed by atoms with Gasteiger partial charge in [-0.1, -0.05) is 67.6 Å². The Bertz CT molecular complexity index is 1180. The van der Waals surface area contributed by atoms with Crippen molar-refractivity contribution in [1.29, 1.82) is 0 Å². The number of carbonyl (C=O) groups is 1. The first kappa shape index (κ1) is 23.9. The summed E-state index contributed by atoms with van der Waals surface area (Å²) in [6.07, 6.45) is 2.48. The first-order valence-corrected chi connectivity index (χ1v) is 11.6. The van der Waals surface area contributed by atoms with E-state index in [1.54, 1.807) is 13.2 Å². The van der Waals surface area contributed by atoms with E-state index in [0.29, 0.717) is 35.2 Å². The zero-order chi connectivity index (χ0) is 24.1. The fourth-order valence-corrected chi connectivity index (χ4v) is 4.49. The third kappa shape index (κ3) is 4.29. The van der Waals surface area contributed by atoms with E-state index in [1.807, 2.05) is 71.6 Å². The van der Waals surface area contributed by atoms with Crippen molar-refractivity contribution in [3.05, 3.63) is 107 Å². The molecule has 0 saturated heterocycles. The van der Waals surface area contributed by atoms with Gasteiger partial charge in [-0.15, -0.1) is 0 Å². The van der Waals surface area contributed by atoms with Crippen molar-refractivity contribution in [1.82, 2.24) is 4.90 Å². The maximum Gasteiger partial charge on any atom is 0.257 e. The molecule has 1 amide bonds. The highest BCUT2D eigenvalue weighted by molar-refractivity contribution is 6.30. The van der Waals surface area contributed by atoms with E-state index in [1.165, 1.54) is 0 Å². The number of rotatable bonds is 10. The van der Waals surface area contributed by atoms with Gasteiger partial charge in [-0.3, -0.25) is 4.79 Å². The molecule has 0 aromatic heterocycles. The number of ether oxygens (including phenoxy) is 3. The maximum absolute atomic E-state index is 13.5. The average molecular weight is 478 g/mol. The molecular formula is C28H28ClNO4. The minimum Gasteiger partial charge on any atom is -0.493 e. The van der Waals surface area contributed by atoms with Crippen molar-refractivity contribution in [3.63, 3.8) is 0 Å². The van der Waals surface area contributed by atoms with Crippen LogP contribution in [0.25, 0.3) is 0 Å². The predicted octanol–water partition coefficient (Wildman–Crippen LogP) is 6.20. The molecule has 1 unspecified atom stereocenters. The third-order valence-corrected chi connectivity index (χ3v) is 6.11. The van der Waals surface area contributed by atoms with Crippen LogP contribution in [0.2, 0.25) is 5.02 Å². The van der Waals surface area contributed by atoms with Crippen LogP contribution < -0.4 is 9.47 Å². The summed E-state index contributed by atoms with van der Waals surface area (Å²) in [5.41, 5.74) is 2.15. The largest absolute Gasteiger partial charge is 0.493 e. The minimum atomic E-state index is -1.07. The number of hydrogen-bond acceptors (Lipinski definition) is 4. The highest BCUT2D eigenvalue weighted by Crippen LogP contribution is 2.46. The molecular weight excluding hydrogens is 450 g/mol. The van der Waals surface area contributed by atoms with Crippen LogP contribution in [0.5, 0.6) is 11.5 Å². The monoisotopic (exact) mass is 477 g/mol. The molecule has 1 aliphatic rings. The Morgan fingerprint density at radius 1 is 1.06 bits per heavy atom.